The van der Waals surface area contributed by atoms with Gasteiger partial charge >= 0.3 is 6.18 Å². The van der Waals surface area contributed by atoms with E-state index in [1.54, 1.807) is 12.1 Å². The molecule has 3 rings (SSSR count). The Hall–Kier alpha value is -2.40. The van der Waals surface area contributed by atoms with E-state index in [9.17, 15) is 26.4 Å². The Morgan fingerprint density at radius 1 is 1.12 bits per heavy atom. The highest BCUT2D eigenvalue weighted by molar-refractivity contribution is 7.92. The molecule has 0 bridgehead atoms. The SMILES string of the molecule is O=C(C[NH+]1CCN(S(=O)(=O)/C=C/c2ccccc2)CC1)Nc1cc(C(F)(F)F)ccc1Cl. The monoisotopic (exact) mass is 488 g/mol. The lowest BCUT2D eigenvalue weighted by Crippen LogP contribution is -3.15. The van der Waals surface area contributed by atoms with Crippen LogP contribution in [0.3, 0.4) is 0 Å². The van der Waals surface area contributed by atoms with Crippen molar-refractivity contribution in [2.75, 3.05) is 38.0 Å². The summed E-state index contributed by atoms with van der Waals surface area (Å²) < 4.78 is 65.0. The van der Waals surface area contributed by atoms with Crippen LogP contribution in [-0.4, -0.2) is 51.4 Å². The summed E-state index contributed by atoms with van der Waals surface area (Å²) in [7, 11) is -3.59. The molecule has 6 nitrogen and oxygen atoms in total. The predicted octanol–water partition coefficient (Wildman–Crippen LogP) is 2.50. The zero-order chi connectivity index (χ0) is 23.4. The fraction of sp³-hybridized carbons (Fsp3) is 0.286. The number of hydrogen-bond donors (Lipinski definition) is 2. The van der Waals surface area contributed by atoms with E-state index in [0.717, 1.165) is 34.1 Å². The number of amides is 1. The number of alkyl halides is 3. The molecule has 0 spiro atoms. The maximum absolute atomic E-state index is 12.9. The number of sulfonamides is 1. The van der Waals surface area contributed by atoms with Crippen LogP contribution >= 0.6 is 11.6 Å². The minimum absolute atomic E-state index is 0.00228. The van der Waals surface area contributed by atoms with E-state index in [4.69, 9.17) is 11.6 Å². The quantitative estimate of drug-likeness (QED) is 0.656. The molecule has 0 atom stereocenters. The van der Waals surface area contributed by atoms with Crippen LogP contribution in [0.25, 0.3) is 6.08 Å². The highest BCUT2D eigenvalue weighted by Gasteiger charge is 2.32. The molecular formula is C21H22ClF3N3O3S+. The zero-order valence-electron chi connectivity index (χ0n) is 16.9. The summed E-state index contributed by atoms with van der Waals surface area (Å²) in [5.74, 6) is -0.499. The van der Waals surface area contributed by atoms with Crippen LogP contribution < -0.4 is 10.2 Å². The molecule has 2 aromatic carbocycles. The number of benzene rings is 2. The second kappa shape index (κ2) is 10.0. The molecule has 32 heavy (non-hydrogen) atoms. The van der Waals surface area contributed by atoms with Crippen molar-refractivity contribution in [3.05, 3.63) is 70.1 Å². The first-order valence-corrected chi connectivity index (χ1v) is 11.7. The van der Waals surface area contributed by atoms with Gasteiger partial charge in [-0.25, -0.2) is 8.42 Å². The molecule has 1 aliphatic heterocycles. The molecule has 2 aromatic rings. The van der Waals surface area contributed by atoms with Gasteiger partial charge in [0.2, 0.25) is 10.0 Å². The van der Waals surface area contributed by atoms with Crippen LogP contribution in [0.1, 0.15) is 11.1 Å². The number of anilines is 1. The largest absolute Gasteiger partial charge is 0.416 e. The molecule has 1 amide bonds. The van der Waals surface area contributed by atoms with Gasteiger partial charge < -0.3 is 10.2 Å². The highest BCUT2D eigenvalue weighted by Crippen LogP contribution is 2.33. The summed E-state index contributed by atoms with van der Waals surface area (Å²) in [6.45, 7) is 1.23. The van der Waals surface area contributed by atoms with Crippen LogP contribution in [0.15, 0.2) is 53.9 Å². The lowest BCUT2D eigenvalue weighted by Gasteiger charge is -2.30. The van der Waals surface area contributed by atoms with Crippen molar-refractivity contribution >= 4 is 39.3 Å². The lowest BCUT2D eigenvalue weighted by molar-refractivity contribution is -0.895. The van der Waals surface area contributed by atoms with Crippen molar-refractivity contribution in [1.29, 1.82) is 0 Å². The van der Waals surface area contributed by atoms with E-state index in [2.05, 4.69) is 5.32 Å². The Bertz CT molecular complexity index is 1080. The Labute approximate surface area is 189 Å². The molecule has 1 saturated heterocycles. The minimum atomic E-state index is -4.55. The number of nitrogens with zero attached hydrogens (tertiary/aromatic N) is 1. The van der Waals surface area contributed by atoms with Crippen LogP contribution in [0.2, 0.25) is 5.02 Å². The van der Waals surface area contributed by atoms with Crippen LogP contribution in [0.5, 0.6) is 0 Å². The topological polar surface area (TPSA) is 70.9 Å². The summed E-state index contributed by atoms with van der Waals surface area (Å²) in [4.78, 5) is 13.1. The van der Waals surface area contributed by atoms with Crippen molar-refractivity contribution in [3.63, 3.8) is 0 Å². The second-order valence-corrected chi connectivity index (χ2v) is 9.55. The van der Waals surface area contributed by atoms with Crippen molar-refractivity contribution in [2.45, 2.75) is 6.18 Å². The fourth-order valence-corrected chi connectivity index (χ4v) is 4.62. The molecular weight excluding hydrogens is 467 g/mol. The Morgan fingerprint density at radius 3 is 2.41 bits per heavy atom. The van der Waals surface area contributed by atoms with Gasteiger partial charge in [0.25, 0.3) is 5.91 Å². The number of piperazine rings is 1. The average molecular weight is 489 g/mol. The van der Waals surface area contributed by atoms with Gasteiger partial charge in [0, 0.05) is 5.41 Å². The van der Waals surface area contributed by atoms with Gasteiger partial charge in [0.1, 0.15) is 0 Å². The Balaban J connectivity index is 1.54. The van der Waals surface area contributed by atoms with Crippen molar-refractivity contribution < 1.29 is 31.3 Å². The molecule has 1 fully saturated rings. The van der Waals surface area contributed by atoms with Gasteiger partial charge in [0.15, 0.2) is 6.54 Å². The first-order valence-electron chi connectivity index (χ1n) is 9.78. The molecule has 1 heterocycles. The van der Waals surface area contributed by atoms with E-state index in [1.807, 2.05) is 18.2 Å². The normalized spacial score (nSPS) is 16.4. The number of quaternary nitrogens is 1. The molecule has 0 unspecified atom stereocenters. The van der Waals surface area contributed by atoms with Crippen molar-refractivity contribution in [3.8, 4) is 0 Å². The third kappa shape index (κ3) is 6.55. The number of rotatable bonds is 6. The average Bonchev–Trinajstić information content (AvgIpc) is 2.74. The van der Waals surface area contributed by atoms with Crippen LogP contribution in [0, 0.1) is 0 Å². The maximum atomic E-state index is 12.9. The van der Waals surface area contributed by atoms with E-state index in [-0.39, 0.29) is 30.3 Å². The first kappa shape index (κ1) is 24.2. The number of hydrogen-bond acceptors (Lipinski definition) is 3. The Morgan fingerprint density at radius 2 is 1.78 bits per heavy atom. The van der Waals surface area contributed by atoms with Gasteiger partial charge in [-0.3, -0.25) is 4.79 Å². The summed E-state index contributed by atoms with van der Waals surface area (Å²) in [5.41, 5.74) is -0.254. The van der Waals surface area contributed by atoms with Crippen LogP contribution in [0.4, 0.5) is 18.9 Å². The molecule has 0 aromatic heterocycles. The third-order valence-electron chi connectivity index (χ3n) is 5.00. The van der Waals surface area contributed by atoms with Gasteiger partial charge in [-0.2, -0.15) is 17.5 Å². The molecule has 0 saturated carbocycles. The molecule has 172 valence electrons. The number of carbonyl (C=O) groups excluding carboxylic acids is 1. The number of nitrogens with one attached hydrogen (secondary N) is 2. The van der Waals surface area contributed by atoms with Gasteiger partial charge in [0.05, 0.1) is 42.5 Å². The molecule has 0 aliphatic carbocycles. The van der Waals surface area contributed by atoms with Gasteiger partial charge in [-0.15, -0.1) is 0 Å². The van der Waals surface area contributed by atoms with E-state index in [0.29, 0.717) is 13.1 Å². The van der Waals surface area contributed by atoms with Gasteiger partial charge in [-0.05, 0) is 29.8 Å². The zero-order valence-corrected chi connectivity index (χ0v) is 18.5. The van der Waals surface area contributed by atoms with E-state index < -0.39 is 27.7 Å². The Kier molecular flexibility index (Phi) is 7.60. The maximum Gasteiger partial charge on any atom is 0.416 e. The summed E-state index contributed by atoms with van der Waals surface area (Å²) in [5, 5.41) is 3.58. The second-order valence-electron chi connectivity index (χ2n) is 7.32. The lowest BCUT2D eigenvalue weighted by atomic mass is 10.2. The molecule has 1 aliphatic rings. The number of carbonyl (C=O) groups is 1. The van der Waals surface area contributed by atoms with E-state index >= 15 is 0 Å². The highest BCUT2D eigenvalue weighted by atomic mass is 35.5. The van der Waals surface area contributed by atoms with Gasteiger partial charge in [-0.1, -0.05) is 41.9 Å². The third-order valence-corrected chi connectivity index (χ3v) is 6.89. The minimum Gasteiger partial charge on any atom is -0.325 e. The molecule has 0 radical (unpaired) electrons. The number of halogens is 4. The summed E-state index contributed by atoms with van der Waals surface area (Å²) in [6, 6.07) is 11.8. The standard InChI is InChI=1S/C21H21ClF3N3O3S/c22-18-7-6-17(21(23,24)25)14-19(18)26-20(29)15-27-9-11-28(12-10-27)32(30,31)13-8-16-4-2-1-3-5-16/h1-8,13-14H,9-12,15H2,(H,26,29)/p+1/b13-8+. The molecule has 2 N–H and O–H groups in total. The summed E-state index contributed by atoms with van der Waals surface area (Å²) >= 11 is 5.91. The first-order chi connectivity index (χ1) is 15.0. The summed E-state index contributed by atoms with van der Waals surface area (Å²) in [6.07, 6.45) is -3.02. The van der Waals surface area contributed by atoms with Crippen LogP contribution in [-0.2, 0) is 21.0 Å². The fourth-order valence-electron chi connectivity index (χ4n) is 3.27. The molecule has 11 heteroatoms. The van der Waals surface area contributed by atoms with Crippen molar-refractivity contribution in [1.82, 2.24) is 4.31 Å². The predicted molar refractivity (Wildman–Crippen MR) is 117 cm³/mol. The smallest absolute Gasteiger partial charge is 0.325 e. The van der Waals surface area contributed by atoms with E-state index in [1.165, 1.54) is 10.4 Å². The van der Waals surface area contributed by atoms with Crippen molar-refractivity contribution in [2.24, 2.45) is 0 Å².